The summed E-state index contributed by atoms with van der Waals surface area (Å²) in [6.45, 7) is 2.71. The topological polar surface area (TPSA) is 40.7 Å². The Kier molecular flexibility index (Phi) is 4.13. The zero-order chi connectivity index (χ0) is 14.7. The van der Waals surface area contributed by atoms with Crippen molar-refractivity contribution < 1.29 is 4.39 Å². The van der Waals surface area contributed by atoms with Crippen molar-refractivity contribution in [3.05, 3.63) is 64.9 Å². The van der Waals surface area contributed by atoms with Crippen molar-refractivity contribution in [1.82, 2.24) is 15.5 Å². The molecule has 0 spiro atoms. The number of thiophene rings is 1. The number of hydrogen-bond donors (Lipinski definition) is 2. The van der Waals surface area contributed by atoms with Crippen LogP contribution in [-0.2, 0) is 6.54 Å². The smallest absolute Gasteiger partial charge is 0.123 e. The zero-order valence-electron chi connectivity index (χ0n) is 11.6. The lowest BCUT2D eigenvalue weighted by atomic mass is 10.1. The van der Waals surface area contributed by atoms with Gasteiger partial charge in [0.2, 0.25) is 0 Å². The minimum absolute atomic E-state index is 0.0757. The molecule has 0 aliphatic rings. The van der Waals surface area contributed by atoms with Gasteiger partial charge in [0.15, 0.2) is 0 Å². The molecule has 0 saturated heterocycles. The van der Waals surface area contributed by atoms with E-state index >= 15 is 0 Å². The van der Waals surface area contributed by atoms with Gasteiger partial charge in [-0.15, -0.1) is 11.3 Å². The molecule has 2 N–H and O–H groups in total. The average Bonchev–Trinajstić information content (AvgIpc) is 3.15. The summed E-state index contributed by atoms with van der Waals surface area (Å²) in [5.74, 6) is -0.205. The Morgan fingerprint density at radius 2 is 2.24 bits per heavy atom. The van der Waals surface area contributed by atoms with Crippen LogP contribution in [0, 0.1) is 5.82 Å². The summed E-state index contributed by atoms with van der Waals surface area (Å²) < 4.78 is 13.2. The van der Waals surface area contributed by atoms with Gasteiger partial charge >= 0.3 is 0 Å². The number of benzene rings is 1. The molecule has 1 aromatic carbocycles. The molecule has 21 heavy (non-hydrogen) atoms. The van der Waals surface area contributed by atoms with Crippen LogP contribution in [0.4, 0.5) is 4.39 Å². The second-order valence-electron chi connectivity index (χ2n) is 4.91. The molecule has 108 valence electrons. The van der Waals surface area contributed by atoms with Crippen LogP contribution in [0.1, 0.15) is 24.1 Å². The fourth-order valence-corrected chi connectivity index (χ4v) is 2.99. The van der Waals surface area contributed by atoms with Crippen molar-refractivity contribution in [3.63, 3.8) is 0 Å². The third-order valence-corrected chi connectivity index (χ3v) is 4.32. The highest BCUT2D eigenvalue weighted by Crippen LogP contribution is 2.26. The Morgan fingerprint density at radius 3 is 3.00 bits per heavy atom. The van der Waals surface area contributed by atoms with Crippen molar-refractivity contribution in [2.75, 3.05) is 0 Å². The second-order valence-corrected chi connectivity index (χ2v) is 5.85. The molecule has 0 amide bonds. The molecular weight excluding hydrogens is 285 g/mol. The number of rotatable bonds is 5. The first-order valence-electron chi connectivity index (χ1n) is 6.79. The van der Waals surface area contributed by atoms with Gasteiger partial charge in [0.1, 0.15) is 5.82 Å². The largest absolute Gasteiger partial charge is 0.306 e. The van der Waals surface area contributed by atoms with E-state index in [1.165, 1.54) is 10.9 Å². The molecule has 0 fully saturated rings. The van der Waals surface area contributed by atoms with E-state index in [0.717, 1.165) is 16.8 Å². The molecule has 0 saturated carbocycles. The predicted octanol–water partition coefficient (Wildman–Crippen LogP) is 4.13. The number of aromatic nitrogens is 2. The van der Waals surface area contributed by atoms with Crippen molar-refractivity contribution in [1.29, 1.82) is 0 Å². The van der Waals surface area contributed by atoms with Gasteiger partial charge in [-0.1, -0.05) is 18.2 Å². The number of nitrogens with one attached hydrogen (secondary N) is 2. The first kappa shape index (κ1) is 14.0. The Labute approximate surface area is 126 Å². The second kappa shape index (κ2) is 6.20. The first-order chi connectivity index (χ1) is 10.2. The number of nitrogens with zero attached hydrogens (tertiary/aromatic N) is 1. The molecular formula is C16H16FN3S. The van der Waals surface area contributed by atoms with E-state index in [0.29, 0.717) is 6.54 Å². The summed E-state index contributed by atoms with van der Waals surface area (Å²) in [5.41, 5.74) is 3.10. The summed E-state index contributed by atoms with van der Waals surface area (Å²) in [6, 6.07) is 10.8. The van der Waals surface area contributed by atoms with Gasteiger partial charge in [-0.2, -0.15) is 5.10 Å². The van der Waals surface area contributed by atoms with Gasteiger partial charge < -0.3 is 5.32 Å². The molecule has 2 heterocycles. The molecule has 3 nitrogen and oxygen atoms in total. The van der Waals surface area contributed by atoms with Crippen LogP contribution >= 0.6 is 11.3 Å². The lowest BCUT2D eigenvalue weighted by Crippen LogP contribution is -2.18. The van der Waals surface area contributed by atoms with Crippen LogP contribution in [0.5, 0.6) is 0 Å². The van der Waals surface area contributed by atoms with Gasteiger partial charge in [-0.05, 0) is 36.1 Å². The molecule has 5 heteroatoms. The molecule has 3 rings (SSSR count). The summed E-state index contributed by atoms with van der Waals surface area (Å²) in [7, 11) is 0. The van der Waals surface area contributed by atoms with Gasteiger partial charge in [0.05, 0.1) is 16.8 Å². The third kappa shape index (κ3) is 3.20. The van der Waals surface area contributed by atoms with E-state index in [4.69, 9.17) is 0 Å². The fourth-order valence-electron chi connectivity index (χ4n) is 2.24. The number of hydrogen-bond acceptors (Lipinski definition) is 3. The highest BCUT2D eigenvalue weighted by atomic mass is 32.1. The van der Waals surface area contributed by atoms with Gasteiger partial charge in [-0.25, -0.2) is 4.39 Å². The normalized spacial score (nSPS) is 12.5. The number of H-pyrrole nitrogens is 1. The maximum Gasteiger partial charge on any atom is 0.123 e. The maximum absolute atomic E-state index is 13.2. The van der Waals surface area contributed by atoms with Crippen LogP contribution in [0.25, 0.3) is 10.6 Å². The molecule has 0 radical (unpaired) electrons. The highest BCUT2D eigenvalue weighted by molar-refractivity contribution is 7.13. The Morgan fingerprint density at radius 1 is 1.33 bits per heavy atom. The Hall–Kier alpha value is -1.98. The van der Waals surface area contributed by atoms with E-state index in [9.17, 15) is 4.39 Å². The first-order valence-corrected chi connectivity index (χ1v) is 7.67. The maximum atomic E-state index is 13.2. The van der Waals surface area contributed by atoms with E-state index < -0.39 is 0 Å². The van der Waals surface area contributed by atoms with Crippen molar-refractivity contribution in [3.8, 4) is 10.6 Å². The zero-order valence-corrected chi connectivity index (χ0v) is 12.5. The van der Waals surface area contributed by atoms with E-state index in [-0.39, 0.29) is 11.9 Å². The quantitative estimate of drug-likeness (QED) is 0.744. The molecule has 0 aliphatic carbocycles. The van der Waals surface area contributed by atoms with Crippen molar-refractivity contribution in [2.24, 2.45) is 0 Å². The molecule has 3 aromatic rings. The van der Waals surface area contributed by atoms with Crippen LogP contribution in [0.15, 0.2) is 48.0 Å². The lowest BCUT2D eigenvalue weighted by Gasteiger charge is -2.14. The Bertz CT molecular complexity index is 706. The predicted molar refractivity (Wildman–Crippen MR) is 83.6 cm³/mol. The fraction of sp³-hybridized carbons (Fsp3) is 0.188. The van der Waals surface area contributed by atoms with Crippen LogP contribution < -0.4 is 5.32 Å². The van der Waals surface area contributed by atoms with Crippen LogP contribution in [-0.4, -0.2) is 10.2 Å². The molecule has 0 bridgehead atoms. The Balaban J connectivity index is 1.70. The third-order valence-electron chi connectivity index (χ3n) is 3.43. The molecule has 0 unspecified atom stereocenters. The molecule has 1 atom stereocenters. The van der Waals surface area contributed by atoms with Crippen molar-refractivity contribution >= 4 is 11.3 Å². The summed E-state index contributed by atoms with van der Waals surface area (Å²) in [5, 5.41) is 12.6. The lowest BCUT2D eigenvalue weighted by molar-refractivity contribution is 0.565. The number of aromatic amines is 1. The summed E-state index contributed by atoms with van der Waals surface area (Å²) >= 11 is 1.68. The van der Waals surface area contributed by atoms with Gasteiger partial charge in [-0.3, -0.25) is 5.10 Å². The SMILES string of the molecule is C[C@@H](NCc1cn[nH]c1-c1cccs1)c1cccc(F)c1. The van der Waals surface area contributed by atoms with Crippen LogP contribution in [0.2, 0.25) is 0 Å². The van der Waals surface area contributed by atoms with Crippen molar-refractivity contribution in [2.45, 2.75) is 19.5 Å². The van der Waals surface area contributed by atoms with Gasteiger partial charge in [0.25, 0.3) is 0 Å². The minimum Gasteiger partial charge on any atom is -0.306 e. The van der Waals surface area contributed by atoms with E-state index in [1.807, 2.05) is 30.6 Å². The molecule has 2 aromatic heterocycles. The average molecular weight is 301 g/mol. The minimum atomic E-state index is -0.205. The summed E-state index contributed by atoms with van der Waals surface area (Å²) in [4.78, 5) is 1.17. The standard InChI is InChI=1S/C16H16FN3S/c1-11(12-4-2-5-14(17)8-12)18-9-13-10-19-20-16(13)15-6-3-7-21-15/h2-8,10-11,18H,9H2,1H3,(H,19,20)/t11-/m1/s1. The monoisotopic (exact) mass is 301 g/mol. The van der Waals surface area contributed by atoms with Crippen LogP contribution in [0.3, 0.4) is 0 Å². The highest BCUT2D eigenvalue weighted by Gasteiger charge is 2.11. The number of halogens is 1. The van der Waals surface area contributed by atoms with E-state index in [2.05, 4.69) is 21.6 Å². The van der Waals surface area contributed by atoms with Gasteiger partial charge in [0, 0.05) is 18.2 Å². The molecule has 0 aliphatic heterocycles. The summed E-state index contributed by atoms with van der Waals surface area (Å²) in [6.07, 6.45) is 1.83. The van der Waals surface area contributed by atoms with E-state index in [1.54, 1.807) is 23.5 Å².